The zero-order valence-electron chi connectivity index (χ0n) is 18.7. The molecule has 0 spiro atoms. The monoisotopic (exact) mass is 541 g/mol. The van der Waals surface area contributed by atoms with Crippen molar-refractivity contribution >= 4 is 41.8 Å². The Morgan fingerprint density at radius 3 is 2.42 bits per heavy atom. The van der Waals surface area contributed by atoms with Crippen LogP contribution < -0.4 is 16.0 Å². The number of hydrogen-bond acceptors (Lipinski definition) is 3. The molecule has 3 N–H and O–H groups in total. The van der Waals surface area contributed by atoms with Gasteiger partial charge in [-0.1, -0.05) is 31.4 Å². The van der Waals surface area contributed by atoms with E-state index in [1.165, 1.54) is 19.3 Å². The van der Waals surface area contributed by atoms with Gasteiger partial charge in [-0.15, -0.1) is 24.0 Å². The lowest BCUT2D eigenvalue weighted by Crippen LogP contribution is -2.45. The second kappa shape index (κ2) is 12.9. The molecular formula is C23H36IN5O2. The molecule has 3 rings (SSSR count). The van der Waals surface area contributed by atoms with E-state index in [9.17, 15) is 9.59 Å². The molecule has 7 nitrogen and oxygen atoms in total. The van der Waals surface area contributed by atoms with E-state index in [0.717, 1.165) is 43.9 Å². The third kappa shape index (κ3) is 7.36. The summed E-state index contributed by atoms with van der Waals surface area (Å²) in [5.74, 6) is 1.26. The van der Waals surface area contributed by atoms with Crippen molar-refractivity contribution in [2.75, 3.05) is 26.7 Å². The smallest absolute Gasteiger partial charge is 0.251 e. The summed E-state index contributed by atoms with van der Waals surface area (Å²) in [6.45, 7) is 4.72. The van der Waals surface area contributed by atoms with Gasteiger partial charge in [-0.05, 0) is 43.9 Å². The topological polar surface area (TPSA) is 85.8 Å². The first-order valence-electron chi connectivity index (χ1n) is 11.2. The normalized spacial score (nSPS) is 19.5. The predicted molar refractivity (Wildman–Crippen MR) is 135 cm³/mol. The molecule has 1 atom stereocenters. The molecule has 1 aliphatic carbocycles. The highest BCUT2D eigenvalue weighted by Gasteiger charge is 2.31. The van der Waals surface area contributed by atoms with Crippen molar-refractivity contribution in [3.63, 3.8) is 0 Å². The van der Waals surface area contributed by atoms with Crippen molar-refractivity contribution < 1.29 is 9.59 Å². The SMILES string of the molecule is CCNC(=O)c1ccc(CNC(=NC)NC2CCN(C(=O)C3CCCCC3)C2)cc1.I. The number of carbonyl (C=O) groups is 2. The second-order valence-corrected chi connectivity index (χ2v) is 8.23. The summed E-state index contributed by atoms with van der Waals surface area (Å²) in [7, 11) is 1.76. The number of benzene rings is 1. The van der Waals surface area contributed by atoms with Gasteiger partial charge in [0.05, 0.1) is 0 Å². The first-order chi connectivity index (χ1) is 14.6. The lowest BCUT2D eigenvalue weighted by atomic mass is 9.88. The Labute approximate surface area is 202 Å². The first kappa shape index (κ1) is 25.4. The number of guanidine groups is 1. The maximum Gasteiger partial charge on any atom is 0.251 e. The molecule has 1 aromatic rings. The largest absolute Gasteiger partial charge is 0.352 e. The Kier molecular flexibility index (Phi) is 10.6. The van der Waals surface area contributed by atoms with E-state index in [-0.39, 0.29) is 41.8 Å². The summed E-state index contributed by atoms with van der Waals surface area (Å²) in [5.41, 5.74) is 1.74. The number of nitrogens with one attached hydrogen (secondary N) is 3. The molecule has 2 fully saturated rings. The number of aliphatic imine (C=N–C) groups is 1. The molecule has 1 saturated heterocycles. The Morgan fingerprint density at radius 2 is 1.77 bits per heavy atom. The Balaban J connectivity index is 0.00000341. The summed E-state index contributed by atoms with van der Waals surface area (Å²) in [4.78, 5) is 31.0. The van der Waals surface area contributed by atoms with Crippen molar-refractivity contribution in [3.05, 3.63) is 35.4 Å². The molecule has 8 heteroatoms. The minimum Gasteiger partial charge on any atom is -0.352 e. The fourth-order valence-corrected chi connectivity index (χ4v) is 4.30. The van der Waals surface area contributed by atoms with Crippen LogP contribution in [-0.4, -0.2) is 55.4 Å². The van der Waals surface area contributed by atoms with E-state index < -0.39 is 0 Å². The molecule has 1 aliphatic heterocycles. The maximum absolute atomic E-state index is 12.8. The number of likely N-dealkylation sites (tertiary alicyclic amines) is 1. The van der Waals surface area contributed by atoms with Gasteiger partial charge in [0.15, 0.2) is 5.96 Å². The van der Waals surface area contributed by atoms with Crippen LogP contribution in [0.4, 0.5) is 0 Å². The van der Waals surface area contributed by atoms with Crippen LogP contribution in [0.15, 0.2) is 29.3 Å². The highest BCUT2D eigenvalue weighted by atomic mass is 127. The fraction of sp³-hybridized carbons (Fsp3) is 0.609. The van der Waals surface area contributed by atoms with Crippen LogP contribution in [0.3, 0.4) is 0 Å². The molecule has 0 bridgehead atoms. The summed E-state index contributed by atoms with van der Waals surface area (Å²) in [6, 6.07) is 7.80. The first-order valence-corrected chi connectivity index (χ1v) is 11.2. The van der Waals surface area contributed by atoms with Crippen molar-refractivity contribution in [2.45, 2.75) is 58.0 Å². The van der Waals surface area contributed by atoms with Gasteiger partial charge in [0, 0.05) is 50.7 Å². The lowest BCUT2D eigenvalue weighted by Gasteiger charge is -2.26. The van der Waals surface area contributed by atoms with Gasteiger partial charge in [-0.3, -0.25) is 14.6 Å². The number of halogens is 1. The van der Waals surface area contributed by atoms with Gasteiger partial charge < -0.3 is 20.9 Å². The molecule has 1 saturated carbocycles. The van der Waals surface area contributed by atoms with Gasteiger partial charge >= 0.3 is 0 Å². The van der Waals surface area contributed by atoms with Crippen molar-refractivity contribution in [3.8, 4) is 0 Å². The molecule has 0 radical (unpaired) electrons. The van der Waals surface area contributed by atoms with Gasteiger partial charge in [-0.25, -0.2) is 0 Å². The lowest BCUT2D eigenvalue weighted by molar-refractivity contribution is -0.135. The van der Waals surface area contributed by atoms with Crippen molar-refractivity contribution in [2.24, 2.45) is 10.9 Å². The van der Waals surface area contributed by atoms with E-state index in [2.05, 4.69) is 20.9 Å². The highest BCUT2D eigenvalue weighted by Crippen LogP contribution is 2.26. The zero-order chi connectivity index (χ0) is 21.3. The van der Waals surface area contributed by atoms with Gasteiger partial charge in [0.25, 0.3) is 5.91 Å². The van der Waals surface area contributed by atoms with E-state index in [0.29, 0.717) is 24.6 Å². The molecule has 1 heterocycles. The minimum absolute atomic E-state index is 0. The summed E-state index contributed by atoms with van der Waals surface area (Å²) in [6.07, 6.45) is 6.69. The van der Waals surface area contributed by atoms with Crippen LogP contribution in [-0.2, 0) is 11.3 Å². The van der Waals surface area contributed by atoms with Gasteiger partial charge in [-0.2, -0.15) is 0 Å². The fourth-order valence-electron chi connectivity index (χ4n) is 4.30. The summed E-state index contributed by atoms with van der Waals surface area (Å²) in [5, 5.41) is 9.58. The van der Waals surface area contributed by atoms with E-state index in [4.69, 9.17) is 0 Å². The van der Waals surface area contributed by atoms with Crippen LogP contribution in [0.2, 0.25) is 0 Å². The average molecular weight is 541 g/mol. The second-order valence-electron chi connectivity index (χ2n) is 8.23. The molecule has 1 aromatic carbocycles. The van der Waals surface area contributed by atoms with Crippen LogP contribution in [0.1, 0.15) is 61.4 Å². The van der Waals surface area contributed by atoms with Gasteiger partial charge in [0.1, 0.15) is 0 Å². The minimum atomic E-state index is -0.0527. The summed E-state index contributed by atoms with van der Waals surface area (Å²) >= 11 is 0. The number of rotatable bonds is 6. The molecule has 31 heavy (non-hydrogen) atoms. The van der Waals surface area contributed by atoms with Crippen LogP contribution >= 0.6 is 24.0 Å². The third-order valence-electron chi connectivity index (χ3n) is 6.03. The average Bonchev–Trinajstić information content (AvgIpc) is 3.25. The highest BCUT2D eigenvalue weighted by molar-refractivity contribution is 14.0. The number of amides is 2. The molecule has 2 amide bonds. The van der Waals surface area contributed by atoms with Crippen molar-refractivity contribution in [1.29, 1.82) is 0 Å². The molecule has 2 aliphatic rings. The Morgan fingerprint density at radius 1 is 1.06 bits per heavy atom. The third-order valence-corrected chi connectivity index (χ3v) is 6.03. The van der Waals surface area contributed by atoms with E-state index >= 15 is 0 Å². The molecule has 0 aromatic heterocycles. The Hall–Kier alpha value is -1.84. The van der Waals surface area contributed by atoms with Crippen LogP contribution in [0, 0.1) is 5.92 Å². The molecule has 172 valence electrons. The van der Waals surface area contributed by atoms with Crippen LogP contribution in [0.5, 0.6) is 0 Å². The summed E-state index contributed by atoms with van der Waals surface area (Å²) < 4.78 is 0. The van der Waals surface area contributed by atoms with Gasteiger partial charge in [0.2, 0.25) is 5.91 Å². The molecule has 1 unspecified atom stereocenters. The maximum atomic E-state index is 12.8. The predicted octanol–water partition coefficient (Wildman–Crippen LogP) is 2.90. The van der Waals surface area contributed by atoms with Crippen LogP contribution in [0.25, 0.3) is 0 Å². The zero-order valence-corrected chi connectivity index (χ0v) is 21.0. The number of nitrogens with zero attached hydrogens (tertiary/aromatic N) is 2. The number of carbonyl (C=O) groups excluding carboxylic acids is 2. The Bertz CT molecular complexity index is 747. The standard InChI is InChI=1S/C23H35N5O2.HI/c1-3-25-21(29)18-11-9-17(10-12-18)15-26-23(24-2)27-20-13-14-28(16-20)22(30)19-7-5-4-6-8-19;/h9-12,19-20H,3-8,13-16H2,1-2H3,(H,25,29)(H2,24,26,27);1H. The van der Waals surface area contributed by atoms with E-state index in [1.54, 1.807) is 7.05 Å². The molecular weight excluding hydrogens is 505 g/mol. The number of hydrogen-bond donors (Lipinski definition) is 3. The van der Waals surface area contributed by atoms with Crippen molar-refractivity contribution in [1.82, 2.24) is 20.9 Å². The quantitative estimate of drug-likeness (QED) is 0.294. The van der Waals surface area contributed by atoms with E-state index in [1.807, 2.05) is 36.1 Å².